The molecule has 2 aliphatic rings. The second-order valence-electron chi connectivity index (χ2n) is 11.9. The van der Waals surface area contributed by atoms with Gasteiger partial charge in [0.25, 0.3) is 0 Å². The molecule has 1 aliphatic heterocycles. The predicted octanol–water partition coefficient (Wildman–Crippen LogP) is 2.70. The quantitative estimate of drug-likeness (QED) is 0.166. The van der Waals surface area contributed by atoms with E-state index >= 15 is 0 Å². The zero-order valence-corrected chi connectivity index (χ0v) is 27.1. The predicted molar refractivity (Wildman–Crippen MR) is 179 cm³/mol. The highest BCUT2D eigenvalue weighted by molar-refractivity contribution is 5.55. The minimum Gasteiger partial charge on any atom is -0.395 e. The van der Waals surface area contributed by atoms with Crippen LogP contribution in [0.4, 0.5) is 17.6 Å². The Bertz CT molecular complexity index is 1040. The number of aliphatic hydroxyl groups is 1. The summed E-state index contributed by atoms with van der Waals surface area (Å²) < 4.78 is 10.8. The molecule has 1 aromatic carbocycles. The third-order valence-electron chi connectivity index (χ3n) is 8.64. The van der Waals surface area contributed by atoms with Crippen molar-refractivity contribution in [3.63, 3.8) is 0 Å². The third kappa shape index (κ3) is 11.8. The number of anilines is 3. The number of benzene rings is 1. The van der Waals surface area contributed by atoms with Crippen molar-refractivity contribution in [2.45, 2.75) is 57.7 Å². The molecular formula is C33H56N8O3. The molecule has 2 fully saturated rings. The van der Waals surface area contributed by atoms with Gasteiger partial charge in [-0.25, -0.2) is 0 Å². The molecule has 0 amide bonds. The summed E-state index contributed by atoms with van der Waals surface area (Å²) in [6.07, 6.45) is 8.02. The van der Waals surface area contributed by atoms with Gasteiger partial charge in [-0.05, 0) is 43.5 Å². The summed E-state index contributed by atoms with van der Waals surface area (Å²) in [4.78, 5) is 16.6. The molecule has 0 radical (unpaired) electrons. The van der Waals surface area contributed by atoms with Crippen molar-refractivity contribution in [2.75, 3.05) is 108 Å². The molecule has 0 bridgehead atoms. The maximum Gasteiger partial charge on any atom is 0.226 e. The van der Waals surface area contributed by atoms with E-state index in [1.807, 2.05) is 0 Å². The number of hydrogen-bond donors (Lipinski definition) is 4. The highest BCUT2D eigenvalue weighted by atomic mass is 16.5. The first-order valence-corrected chi connectivity index (χ1v) is 16.6. The number of methoxy groups -OCH3 is 2. The van der Waals surface area contributed by atoms with Gasteiger partial charge in [-0.15, -0.1) is 0 Å². The number of nitrogens with zero attached hydrogens (tertiary/aromatic N) is 5. The molecule has 44 heavy (non-hydrogen) atoms. The second-order valence-corrected chi connectivity index (χ2v) is 11.9. The Hall–Kier alpha value is -2.54. The SMILES string of the molecule is COCCN(CCOC)c1cc(N2CCN(CCO)CC2)nc(NCc2ccc(CNCCCNC3CCCCC3)cc2)n1. The standard InChI is InChI=1S/C33H56N8O3/c1-43-23-20-41(21-24-44-2)32-25-31(40-17-15-39(16-18-40)19-22-42)37-33(38-32)36-27-29-11-9-28(10-12-29)26-34-13-6-14-35-30-7-4-3-5-8-30/h9-12,25,30,34-35,42H,3-8,13-24,26-27H2,1-2H3,(H,36,37,38). The molecule has 4 rings (SSSR count). The van der Waals surface area contributed by atoms with Gasteiger partial charge in [-0.2, -0.15) is 9.97 Å². The topological polar surface area (TPSA) is 110 Å². The Morgan fingerprint density at radius 2 is 1.57 bits per heavy atom. The van der Waals surface area contributed by atoms with Crippen molar-refractivity contribution >= 4 is 17.6 Å². The van der Waals surface area contributed by atoms with Gasteiger partial charge in [0, 0.05) is 85.2 Å². The van der Waals surface area contributed by atoms with Crippen LogP contribution in [0.1, 0.15) is 49.7 Å². The fourth-order valence-corrected chi connectivity index (χ4v) is 5.93. The van der Waals surface area contributed by atoms with Crippen LogP contribution in [0, 0.1) is 0 Å². The van der Waals surface area contributed by atoms with E-state index in [2.05, 4.69) is 61.0 Å². The van der Waals surface area contributed by atoms with Gasteiger partial charge >= 0.3 is 0 Å². The average Bonchev–Trinajstić information content (AvgIpc) is 3.07. The number of β-amino-alcohol motifs (C(OH)–C–C–N with tert-alkyl or cyclic N) is 1. The van der Waals surface area contributed by atoms with Gasteiger partial charge in [0.2, 0.25) is 5.95 Å². The van der Waals surface area contributed by atoms with Crippen LogP contribution in [0.15, 0.2) is 30.3 Å². The van der Waals surface area contributed by atoms with Crippen molar-refractivity contribution in [3.8, 4) is 0 Å². The lowest BCUT2D eigenvalue weighted by Gasteiger charge is -2.35. The second kappa shape index (κ2) is 19.8. The Balaban J connectivity index is 1.31. The van der Waals surface area contributed by atoms with Gasteiger partial charge in [0.05, 0.1) is 19.8 Å². The molecule has 4 N–H and O–H groups in total. The van der Waals surface area contributed by atoms with Crippen molar-refractivity contribution in [1.82, 2.24) is 25.5 Å². The summed E-state index contributed by atoms with van der Waals surface area (Å²) in [6.45, 7) is 10.7. The number of aliphatic hydroxyl groups excluding tert-OH is 1. The molecule has 11 nitrogen and oxygen atoms in total. The van der Waals surface area contributed by atoms with Crippen LogP contribution >= 0.6 is 0 Å². The monoisotopic (exact) mass is 612 g/mol. The van der Waals surface area contributed by atoms with Crippen LogP contribution < -0.4 is 25.8 Å². The molecule has 2 heterocycles. The van der Waals surface area contributed by atoms with Crippen molar-refractivity contribution in [3.05, 3.63) is 41.5 Å². The summed E-state index contributed by atoms with van der Waals surface area (Å²) in [6, 6.07) is 11.6. The van der Waals surface area contributed by atoms with E-state index in [4.69, 9.17) is 19.4 Å². The smallest absolute Gasteiger partial charge is 0.226 e. The van der Waals surface area contributed by atoms with Gasteiger partial charge in [-0.3, -0.25) is 4.90 Å². The lowest BCUT2D eigenvalue weighted by Crippen LogP contribution is -2.47. The number of nitrogens with one attached hydrogen (secondary N) is 3. The number of piperazine rings is 1. The molecule has 0 spiro atoms. The van der Waals surface area contributed by atoms with Crippen LogP contribution in [0.3, 0.4) is 0 Å². The molecule has 0 unspecified atom stereocenters. The Labute approximate surface area is 264 Å². The molecule has 1 saturated heterocycles. The van der Waals surface area contributed by atoms with Crippen molar-refractivity contribution in [2.24, 2.45) is 0 Å². The van der Waals surface area contributed by atoms with Crippen LogP contribution in [-0.4, -0.2) is 119 Å². The van der Waals surface area contributed by atoms with E-state index < -0.39 is 0 Å². The number of aromatic nitrogens is 2. The normalized spacial score (nSPS) is 16.4. The van der Waals surface area contributed by atoms with Gasteiger partial charge < -0.3 is 40.3 Å². The van der Waals surface area contributed by atoms with E-state index in [1.165, 1.54) is 43.2 Å². The zero-order chi connectivity index (χ0) is 30.8. The Morgan fingerprint density at radius 1 is 0.886 bits per heavy atom. The zero-order valence-electron chi connectivity index (χ0n) is 27.1. The largest absolute Gasteiger partial charge is 0.395 e. The molecule has 1 saturated carbocycles. The molecule has 0 atom stereocenters. The van der Waals surface area contributed by atoms with Crippen LogP contribution in [0.25, 0.3) is 0 Å². The number of hydrogen-bond acceptors (Lipinski definition) is 11. The summed E-state index contributed by atoms with van der Waals surface area (Å²) >= 11 is 0. The summed E-state index contributed by atoms with van der Waals surface area (Å²) in [5.41, 5.74) is 2.48. The van der Waals surface area contributed by atoms with E-state index in [1.54, 1.807) is 14.2 Å². The Morgan fingerprint density at radius 3 is 2.23 bits per heavy atom. The van der Waals surface area contributed by atoms with E-state index in [-0.39, 0.29) is 6.61 Å². The van der Waals surface area contributed by atoms with Crippen LogP contribution in [0.5, 0.6) is 0 Å². The first kappa shape index (κ1) is 34.3. The number of rotatable bonds is 20. The third-order valence-corrected chi connectivity index (χ3v) is 8.64. The average molecular weight is 613 g/mol. The van der Waals surface area contributed by atoms with E-state index in [0.29, 0.717) is 45.3 Å². The van der Waals surface area contributed by atoms with Gasteiger partial charge in [0.1, 0.15) is 11.6 Å². The molecule has 11 heteroatoms. The minimum absolute atomic E-state index is 0.190. The summed E-state index contributed by atoms with van der Waals surface area (Å²) in [5.74, 6) is 2.39. The highest BCUT2D eigenvalue weighted by Crippen LogP contribution is 2.23. The maximum absolute atomic E-state index is 9.33. The minimum atomic E-state index is 0.190. The van der Waals surface area contributed by atoms with Crippen LogP contribution in [0.2, 0.25) is 0 Å². The molecular weight excluding hydrogens is 556 g/mol. The lowest BCUT2D eigenvalue weighted by atomic mass is 9.95. The van der Waals surface area contributed by atoms with Crippen molar-refractivity contribution in [1.29, 1.82) is 0 Å². The fourth-order valence-electron chi connectivity index (χ4n) is 5.93. The lowest BCUT2D eigenvalue weighted by molar-refractivity contribution is 0.188. The summed E-state index contributed by atoms with van der Waals surface area (Å²) in [7, 11) is 3.44. The molecule has 1 aliphatic carbocycles. The highest BCUT2D eigenvalue weighted by Gasteiger charge is 2.21. The first-order chi connectivity index (χ1) is 21.7. The molecule has 1 aromatic heterocycles. The van der Waals surface area contributed by atoms with Crippen LogP contribution in [-0.2, 0) is 22.6 Å². The first-order valence-electron chi connectivity index (χ1n) is 16.6. The van der Waals surface area contributed by atoms with Crippen molar-refractivity contribution < 1.29 is 14.6 Å². The maximum atomic E-state index is 9.33. The molecule has 2 aromatic rings. The van der Waals surface area contributed by atoms with Gasteiger partial charge in [0.15, 0.2) is 0 Å². The number of ether oxygens (including phenoxy) is 2. The molecule has 246 valence electrons. The van der Waals surface area contributed by atoms with E-state index in [0.717, 1.165) is 69.9 Å². The Kier molecular flexibility index (Phi) is 15.4. The summed E-state index contributed by atoms with van der Waals surface area (Å²) in [5, 5.41) is 20.1. The fraction of sp³-hybridized carbons (Fsp3) is 0.697. The van der Waals surface area contributed by atoms with E-state index in [9.17, 15) is 5.11 Å². The van der Waals surface area contributed by atoms with Gasteiger partial charge in [-0.1, -0.05) is 43.5 Å².